The molecule has 1 heterocycles. The zero-order valence-electron chi connectivity index (χ0n) is 11.3. The monoisotopic (exact) mass is 346 g/mol. The minimum absolute atomic E-state index is 0.305. The molecule has 0 bridgehead atoms. The van der Waals surface area contributed by atoms with E-state index < -0.39 is 0 Å². The Morgan fingerprint density at radius 3 is 2.57 bits per heavy atom. The van der Waals surface area contributed by atoms with Crippen molar-refractivity contribution in [3.63, 3.8) is 0 Å². The fraction of sp³-hybridized carbons (Fsp3) is 0.267. The van der Waals surface area contributed by atoms with Crippen molar-refractivity contribution in [2.45, 2.75) is 24.7 Å². The number of halogens is 1. The summed E-state index contributed by atoms with van der Waals surface area (Å²) in [7, 11) is 0. The van der Waals surface area contributed by atoms with Crippen LogP contribution in [0.5, 0.6) is 0 Å². The molecule has 0 spiro atoms. The van der Waals surface area contributed by atoms with Crippen molar-refractivity contribution in [3.8, 4) is 0 Å². The van der Waals surface area contributed by atoms with Crippen LogP contribution in [0, 0.1) is 0 Å². The SMILES string of the molecule is NC(=NC(=O)c1cn[nH]c1)C1(c2ccc(Br)cc2)CCC1. The number of amidine groups is 1. The van der Waals surface area contributed by atoms with Gasteiger partial charge in [-0.15, -0.1) is 0 Å². The zero-order chi connectivity index (χ0) is 14.9. The Kier molecular flexibility index (Phi) is 3.63. The summed E-state index contributed by atoms with van der Waals surface area (Å²) < 4.78 is 1.02. The van der Waals surface area contributed by atoms with Crippen LogP contribution in [0.3, 0.4) is 0 Å². The smallest absolute Gasteiger partial charge is 0.281 e. The molecule has 21 heavy (non-hydrogen) atoms. The van der Waals surface area contributed by atoms with Crippen molar-refractivity contribution >= 4 is 27.7 Å². The number of carbonyl (C=O) groups is 1. The Labute approximate surface area is 130 Å². The molecule has 6 heteroatoms. The van der Waals surface area contributed by atoms with Crippen LogP contribution >= 0.6 is 15.9 Å². The molecule has 1 amide bonds. The number of aromatic nitrogens is 2. The fourth-order valence-corrected chi connectivity index (χ4v) is 2.91. The van der Waals surface area contributed by atoms with Gasteiger partial charge < -0.3 is 5.73 Å². The minimum atomic E-state index is -0.357. The van der Waals surface area contributed by atoms with E-state index in [0.29, 0.717) is 11.4 Å². The molecular formula is C15H15BrN4O. The standard InChI is InChI=1S/C15H15BrN4O/c16-12-4-2-11(3-5-12)15(6-1-7-15)14(17)20-13(21)10-8-18-19-9-10/h2-5,8-9H,1,6-7H2,(H,18,19)(H2,17,20,21). The van der Waals surface area contributed by atoms with E-state index >= 15 is 0 Å². The number of H-pyrrole nitrogens is 1. The molecule has 3 N–H and O–H groups in total. The molecule has 108 valence electrons. The third-order valence-electron chi connectivity index (χ3n) is 4.06. The Bertz CT molecular complexity index is 672. The van der Waals surface area contributed by atoms with E-state index in [1.165, 1.54) is 12.4 Å². The molecule has 1 aliphatic carbocycles. The number of carbonyl (C=O) groups excluding carboxylic acids is 1. The lowest BCUT2D eigenvalue weighted by Gasteiger charge is -2.41. The van der Waals surface area contributed by atoms with E-state index in [1.807, 2.05) is 24.3 Å². The quantitative estimate of drug-likeness (QED) is 0.661. The van der Waals surface area contributed by atoms with Gasteiger partial charge >= 0.3 is 0 Å². The first-order valence-electron chi connectivity index (χ1n) is 6.76. The van der Waals surface area contributed by atoms with Crippen molar-refractivity contribution in [3.05, 3.63) is 52.3 Å². The number of nitrogens with zero attached hydrogens (tertiary/aromatic N) is 2. The van der Waals surface area contributed by atoms with Gasteiger partial charge in [0.25, 0.3) is 5.91 Å². The molecule has 1 aromatic carbocycles. The highest BCUT2D eigenvalue weighted by Crippen LogP contribution is 2.44. The molecule has 1 aromatic heterocycles. The van der Waals surface area contributed by atoms with Crippen LogP contribution in [0.2, 0.25) is 0 Å². The van der Waals surface area contributed by atoms with Crippen LogP contribution in [0.1, 0.15) is 35.2 Å². The lowest BCUT2D eigenvalue weighted by molar-refractivity contribution is 0.100. The van der Waals surface area contributed by atoms with E-state index in [1.54, 1.807) is 0 Å². The number of hydrogen-bond acceptors (Lipinski definition) is 2. The fourth-order valence-electron chi connectivity index (χ4n) is 2.64. The Balaban J connectivity index is 1.92. The van der Waals surface area contributed by atoms with Gasteiger partial charge in [0, 0.05) is 10.7 Å². The minimum Gasteiger partial charge on any atom is -0.386 e. The number of rotatable bonds is 3. The van der Waals surface area contributed by atoms with E-state index in [9.17, 15) is 4.79 Å². The number of benzene rings is 1. The van der Waals surface area contributed by atoms with Crippen LogP contribution in [-0.2, 0) is 5.41 Å². The van der Waals surface area contributed by atoms with Gasteiger partial charge in [-0.3, -0.25) is 9.89 Å². The molecule has 0 radical (unpaired) electrons. The largest absolute Gasteiger partial charge is 0.386 e. The molecule has 1 aliphatic rings. The van der Waals surface area contributed by atoms with E-state index in [-0.39, 0.29) is 11.3 Å². The predicted molar refractivity (Wildman–Crippen MR) is 84.2 cm³/mol. The average Bonchev–Trinajstić information content (AvgIpc) is 2.93. The van der Waals surface area contributed by atoms with Crippen molar-refractivity contribution < 1.29 is 4.79 Å². The van der Waals surface area contributed by atoms with Gasteiger partial charge in [-0.2, -0.15) is 10.1 Å². The topological polar surface area (TPSA) is 84.1 Å². The highest BCUT2D eigenvalue weighted by atomic mass is 79.9. The van der Waals surface area contributed by atoms with Crippen molar-refractivity contribution in [2.24, 2.45) is 10.7 Å². The van der Waals surface area contributed by atoms with Crippen molar-refractivity contribution in [2.75, 3.05) is 0 Å². The highest BCUT2D eigenvalue weighted by molar-refractivity contribution is 9.10. The number of aromatic amines is 1. The van der Waals surface area contributed by atoms with Crippen LogP contribution in [0.25, 0.3) is 0 Å². The predicted octanol–water partition coefficient (Wildman–Crippen LogP) is 2.79. The first kappa shape index (κ1) is 14.0. The molecule has 1 fully saturated rings. The van der Waals surface area contributed by atoms with Crippen molar-refractivity contribution in [1.29, 1.82) is 0 Å². The normalized spacial score (nSPS) is 17.3. The summed E-state index contributed by atoms with van der Waals surface area (Å²) in [6, 6.07) is 8.04. The molecule has 3 rings (SSSR count). The van der Waals surface area contributed by atoms with E-state index in [0.717, 1.165) is 29.3 Å². The lowest BCUT2D eigenvalue weighted by Crippen LogP contribution is -2.47. The van der Waals surface area contributed by atoms with Crippen LogP contribution in [0.15, 0.2) is 46.1 Å². The van der Waals surface area contributed by atoms with Gasteiger partial charge in [-0.05, 0) is 30.5 Å². The molecule has 0 saturated heterocycles. The molecule has 0 atom stereocenters. The summed E-state index contributed by atoms with van der Waals surface area (Å²) >= 11 is 3.43. The maximum absolute atomic E-state index is 12.1. The summed E-state index contributed by atoms with van der Waals surface area (Å²) in [6.07, 6.45) is 5.90. The maximum atomic E-state index is 12.1. The van der Waals surface area contributed by atoms with Gasteiger partial charge in [-0.25, -0.2) is 0 Å². The molecule has 2 aromatic rings. The summed E-state index contributed by atoms with van der Waals surface area (Å²) in [5.41, 5.74) is 7.40. The third-order valence-corrected chi connectivity index (χ3v) is 4.59. The van der Waals surface area contributed by atoms with Crippen LogP contribution < -0.4 is 5.73 Å². The van der Waals surface area contributed by atoms with Crippen LogP contribution in [-0.4, -0.2) is 21.9 Å². The second kappa shape index (κ2) is 5.44. The van der Waals surface area contributed by atoms with Gasteiger partial charge in [-0.1, -0.05) is 34.5 Å². The van der Waals surface area contributed by atoms with Crippen LogP contribution in [0.4, 0.5) is 0 Å². The van der Waals surface area contributed by atoms with Gasteiger partial charge in [0.15, 0.2) is 0 Å². The van der Waals surface area contributed by atoms with Gasteiger partial charge in [0.05, 0.1) is 17.2 Å². The maximum Gasteiger partial charge on any atom is 0.281 e. The Morgan fingerprint density at radius 2 is 2.05 bits per heavy atom. The molecular weight excluding hydrogens is 332 g/mol. The second-order valence-corrected chi connectivity index (χ2v) is 6.15. The second-order valence-electron chi connectivity index (χ2n) is 5.23. The lowest BCUT2D eigenvalue weighted by atomic mass is 9.63. The summed E-state index contributed by atoms with van der Waals surface area (Å²) in [5, 5.41) is 6.36. The first-order chi connectivity index (χ1) is 10.1. The van der Waals surface area contributed by atoms with Gasteiger partial charge in [0.1, 0.15) is 5.84 Å². The third kappa shape index (κ3) is 2.51. The number of amides is 1. The Morgan fingerprint density at radius 1 is 1.33 bits per heavy atom. The summed E-state index contributed by atoms with van der Waals surface area (Å²) in [5.74, 6) is 0.0342. The Hall–Kier alpha value is -1.95. The number of nitrogens with two attached hydrogens (primary N) is 1. The molecule has 0 unspecified atom stereocenters. The average molecular weight is 347 g/mol. The van der Waals surface area contributed by atoms with Gasteiger partial charge in [0.2, 0.25) is 0 Å². The number of hydrogen-bond donors (Lipinski definition) is 2. The van der Waals surface area contributed by atoms with Crippen molar-refractivity contribution in [1.82, 2.24) is 10.2 Å². The molecule has 5 nitrogen and oxygen atoms in total. The molecule has 0 aliphatic heterocycles. The summed E-state index contributed by atoms with van der Waals surface area (Å²) in [6.45, 7) is 0. The highest BCUT2D eigenvalue weighted by Gasteiger charge is 2.42. The number of nitrogens with one attached hydrogen (secondary N) is 1. The van der Waals surface area contributed by atoms with E-state index in [4.69, 9.17) is 5.73 Å². The number of aliphatic imine (C=N–C) groups is 1. The molecule has 1 saturated carbocycles. The first-order valence-corrected chi connectivity index (χ1v) is 7.55. The van der Waals surface area contributed by atoms with E-state index in [2.05, 4.69) is 31.1 Å². The zero-order valence-corrected chi connectivity index (χ0v) is 12.9. The summed E-state index contributed by atoms with van der Waals surface area (Å²) in [4.78, 5) is 16.1.